The summed E-state index contributed by atoms with van der Waals surface area (Å²) < 4.78 is 4.30. The first kappa shape index (κ1) is 12.7. The second kappa shape index (κ2) is 8.26. The Labute approximate surface area is 84.3 Å². The van der Waals surface area contributed by atoms with E-state index >= 15 is 0 Å². The van der Waals surface area contributed by atoms with Gasteiger partial charge in [0.2, 0.25) is 0 Å². The van der Waals surface area contributed by atoms with Crippen molar-refractivity contribution in [1.82, 2.24) is 0 Å². The molecular formula is C11H16O3. The highest BCUT2D eigenvalue weighted by molar-refractivity contribution is 5.70. The topological polar surface area (TPSA) is 46.5 Å². The van der Waals surface area contributed by atoms with Crippen LogP contribution >= 0.6 is 0 Å². The number of aliphatic hydroxyl groups excluding tert-OH is 1. The van der Waals surface area contributed by atoms with Crippen LogP contribution in [-0.4, -0.2) is 24.3 Å². The van der Waals surface area contributed by atoms with Crippen LogP contribution in [0.15, 0.2) is 30.3 Å². The number of carbonyl (C=O) groups excluding carboxylic acids is 1. The van der Waals surface area contributed by atoms with Crippen molar-refractivity contribution >= 4 is 5.97 Å². The van der Waals surface area contributed by atoms with Gasteiger partial charge in [0.15, 0.2) is 0 Å². The van der Waals surface area contributed by atoms with Crippen molar-refractivity contribution in [2.75, 3.05) is 13.2 Å². The molecule has 0 aromatic heterocycles. The summed E-state index contributed by atoms with van der Waals surface area (Å²) in [7, 11) is 0. The molecule has 1 rings (SSSR count). The highest BCUT2D eigenvalue weighted by atomic mass is 16.5. The number of hydrogen-bond acceptors (Lipinski definition) is 3. The smallest absolute Gasteiger partial charge is 0.331 e. The van der Waals surface area contributed by atoms with Crippen molar-refractivity contribution < 1.29 is 14.6 Å². The Morgan fingerprint density at radius 2 is 1.93 bits per heavy atom. The number of esters is 1. The average molecular weight is 196 g/mol. The van der Waals surface area contributed by atoms with Gasteiger partial charge in [-0.05, 0) is 13.8 Å². The molecule has 0 unspecified atom stereocenters. The molecule has 0 spiro atoms. The molecule has 0 aliphatic rings. The molecule has 0 fully saturated rings. The van der Waals surface area contributed by atoms with Crippen LogP contribution in [0.4, 0.5) is 0 Å². The monoisotopic (exact) mass is 196 g/mol. The maximum atomic E-state index is 9.94. The molecule has 0 bridgehead atoms. The summed E-state index contributed by atoms with van der Waals surface area (Å²) in [4.78, 5) is 9.94. The number of rotatable bonds is 2. The van der Waals surface area contributed by atoms with Gasteiger partial charge in [0.05, 0.1) is 6.61 Å². The van der Waals surface area contributed by atoms with E-state index in [1.54, 1.807) is 6.92 Å². The van der Waals surface area contributed by atoms with Crippen molar-refractivity contribution in [1.29, 1.82) is 0 Å². The highest BCUT2D eigenvalue weighted by Crippen LogP contribution is 1.92. The van der Waals surface area contributed by atoms with Gasteiger partial charge in [-0.15, -0.1) is 0 Å². The predicted molar refractivity (Wildman–Crippen MR) is 54.9 cm³/mol. The minimum Gasteiger partial charge on any atom is -0.464 e. The lowest BCUT2D eigenvalue weighted by Gasteiger charge is -1.93. The maximum Gasteiger partial charge on any atom is 0.331 e. The van der Waals surface area contributed by atoms with E-state index in [0.29, 0.717) is 6.61 Å². The lowest BCUT2D eigenvalue weighted by atomic mass is 10.2. The third kappa shape index (κ3) is 7.31. The van der Waals surface area contributed by atoms with Crippen molar-refractivity contribution in [3.63, 3.8) is 0 Å². The quantitative estimate of drug-likeness (QED) is 0.730. The number of benzene rings is 1. The second-order valence-electron chi connectivity index (χ2n) is 2.62. The zero-order chi connectivity index (χ0) is 10.8. The van der Waals surface area contributed by atoms with Crippen LogP contribution in [0.25, 0.3) is 0 Å². The Morgan fingerprint density at radius 3 is 2.14 bits per heavy atom. The Morgan fingerprint density at radius 1 is 1.36 bits per heavy atom. The molecule has 3 nitrogen and oxygen atoms in total. The predicted octanol–water partition coefficient (Wildman–Crippen LogP) is 1.54. The molecule has 0 aliphatic carbocycles. The average Bonchev–Trinajstić information content (AvgIpc) is 2.20. The van der Waals surface area contributed by atoms with E-state index in [1.807, 2.05) is 18.2 Å². The summed E-state index contributed by atoms with van der Waals surface area (Å²) in [6, 6.07) is 10.3. The third-order valence-corrected chi connectivity index (χ3v) is 1.37. The lowest BCUT2D eigenvalue weighted by molar-refractivity contribution is -0.146. The summed E-state index contributed by atoms with van der Waals surface area (Å²) in [6.07, 6.45) is 0. The van der Waals surface area contributed by atoms with Gasteiger partial charge in [-0.25, -0.2) is 4.79 Å². The molecule has 0 radical (unpaired) electrons. The maximum absolute atomic E-state index is 9.94. The second-order valence-corrected chi connectivity index (χ2v) is 2.62. The zero-order valence-corrected chi connectivity index (χ0v) is 8.56. The Kier molecular flexibility index (Phi) is 7.46. The molecule has 0 saturated heterocycles. The molecule has 1 aromatic rings. The minimum atomic E-state index is -0.567. The first-order chi connectivity index (χ1) is 6.70. The lowest BCUT2D eigenvalue weighted by Crippen LogP contribution is -2.07. The number of hydrogen-bond donors (Lipinski definition) is 1. The van der Waals surface area contributed by atoms with Crippen molar-refractivity contribution in [2.24, 2.45) is 0 Å². The normalized spacial score (nSPS) is 8.50. The molecule has 0 amide bonds. The van der Waals surface area contributed by atoms with Crippen LogP contribution in [-0.2, 0) is 9.53 Å². The first-order valence-corrected chi connectivity index (χ1v) is 4.48. The van der Waals surface area contributed by atoms with Gasteiger partial charge in [-0.2, -0.15) is 0 Å². The Hall–Kier alpha value is -1.35. The van der Waals surface area contributed by atoms with E-state index < -0.39 is 12.6 Å². The van der Waals surface area contributed by atoms with Gasteiger partial charge in [0.1, 0.15) is 6.61 Å². The molecular weight excluding hydrogens is 180 g/mol. The van der Waals surface area contributed by atoms with Crippen LogP contribution in [0.2, 0.25) is 0 Å². The van der Waals surface area contributed by atoms with E-state index in [2.05, 4.69) is 23.8 Å². The fraction of sp³-hybridized carbons (Fsp3) is 0.364. The number of ether oxygens (including phenoxy) is 1. The van der Waals surface area contributed by atoms with Crippen LogP contribution in [0.3, 0.4) is 0 Å². The molecule has 0 saturated carbocycles. The van der Waals surface area contributed by atoms with E-state index in [-0.39, 0.29) is 0 Å². The van der Waals surface area contributed by atoms with Gasteiger partial charge in [0, 0.05) is 0 Å². The number of aliphatic hydroxyl groups is 1. The number of aryl methyl sites for hydroxylation is 1. The standard InChI is InChI=1S/C7H8.C4H8O3/c1-7-5-3-2-4-6-7;1-2-7-4(6)3-5/h2-6H,1H3;5H,2-3H2,1H3. The van der Waals surface area contributed by atoms with Crippen LogP contribution in [0.5, 0.6) is 0 Å². The molecule has 0 heterocycles. The van der Waals surface area contributed by atoms with E-state index in [9.17, 15) is 4.79 Å². The Balaban J connectivity index is 0.000000241. The van der Waals surface area contributed by atoms with Gasteiger partial charge < -0.3 is 9.84 Å². The van der Waals surface area contributed by atoms with E-state index in [4.69, 9.17) is 5.11 Å². The van der Waals surface area contributed by atoms with Gasteiger partial charge in [-0.1, -0.05) is 35.9 Å². The zero-order valence-electron chi connectivity index (χ0n) is 8.56. The fourth-order valence-corrected chi connectivity index (χ4v) is 0.741. The van der Waals surface area contributed by atoms with E-state index in [1.165, 1.54) is 5.56 Å². The van der Waals surface area contributed by atoms with Crippen LogP contribution in [0.1, 0.15) is 12.5 Å². The number of carbonyl (C=O) groups is 1. The SMILES string of the molecule is CCOC(=O)CO.Cc1ccccc1. The van der Waals surface area contributed by atoms with Gasteiger partial charge in [0.25, 0.3) is 0 Å². The highest BCUT2D eigenvalue weighted by Gasteiger charge is 1.92. The van der Waals surface area contributed by atoms with Crippen molar-refractivity contribution in [3.05, 3.63) is 35.9 Å². The van der Waals surface area contributed by atoms with Gasteiger partial charge in [-0.3, -0.25) is 0 Å². The van der Waals surface area contributed by atoms with Crippen molar-refractivity contribution in [3.8, 4) is 0 Å². The largest absolute Gasteiger partial charge is 0.464 e. The Bertz CT molecular complexity index is 244. The minimum absolute atomic E-state index is 0.333. The third-order valence-electron chi connectivity index (χ3n) is 1.37. The molecule has 14 heavy (non-hydrogen) atoms. The fourth-order valence-electron chi connectivity index (χ4n) is 0.741. The van der Waals surface area contributed by atoms with Crippen LogP contribution in [0, 0.1) is 6.92 Å². The molecule has 3 heteroatoms. The van der Waals surface area contributed by atoms with E-state index in [0.717, 1.165) is 0 Å². The summed E-state index contributed by atoms with van der Waals surface area (Å²) >= 11 is 0. The summed E-state index contributed by atoms with van der Waals surface area (Å²) in [5, 5.41) is 7.99. The van der Waals surface area contributed by atoms with Crippen LogP contribution < -0.4 is 0 Å². The van der Waals surface area contributed by atoms with Crippen molar-refractivity contribution in [2.45, 2.75) is 13.8 Å². The molecule has 78 valence electrons. The summed E-state index contributed by atoms with van der Waals surface area (Å²) in [5.74, 6) is -0.567. The molecule has 1 aromatic carbocycles. The summed E-state index contributed by atoms with van der Waals surface area (Å²) in [5.41, 5.74) is 1.32. The first-order valence-electron chi connectivity index (χ1n) is 4.48. The molecule has 0 atom stereocenters. The summed E-state index contributed by atoms with van der Waals surface area (Å²) in [6.45, 7) is 3.58. The van der Waals surface area contributed by atoms with Gasteiger partial charge >= 0.3 is 5.97 Å². The molecule has 1 N–H and O–H groups in total. The molecule has 0 aliphatic heterocycles.